The van der Waals surface area contributed by atoms with E-state index in [0.29, 0.717) is 10.8 Å². The van der Waals surface area contributed by atoms with Gasteiger partial charge in [0.15, 0.2) is 8.32 Å². The fourth-order valence-corrected chi connectivity index (χ4v) is 7.39. The topological polar surface area (TPSA) is 53.3 Å². The summed E-state index contributed by atoms with van der Waals surface area (Å²) >= 11 is 1.42. The quantitative estimate of drug-likeness (QED) is 0.278. The summed E-state index contributed by atoms with van der Waals surface area (Å²) < 4.78 is 6.75. The van der Waals surface area contributed by atoms with Crippen molar-refractivity contribution >= 4 is 31.2 Å². The van der Waals surface area contributed by atoms with Gasteiger partial charge >= 0.3 is 0 Å². The second-order valence-electron chi connectivity index (χ2n) is 13.9. The van der Waals surface area contributed by atoms with Gasteiger partial charge in [-0.1, -0.05) is 39.5 Å². The number of thiophene rings is 1. The van der Waals surface area contributed by atoms with E-state index in [1.165, 1.54) is 11.3 Å². The highest BCUT2D eigenvalue weighted by atomic mass is 32.1. The minimum atomic E-state index is -1.83. The first kappa shape index (κ1) is 29.9. The molecule has 1 amide bonds. The highest BCUT2D eigenvalue weighted by Gasteiger charge is 2.41. The van der Waals surface area contributed by atoms with Crippen LogP contribution < -0.4 is 4.90 Å². The molecule has 0 atom stereocenters. The summed E-state index contributed by atoms with van der Waals surface area (Å²) in [6.07, 6.45) is 8.12. The monoisotopic (exact) mass is 540 g/mol. The maximum Gasteiger partial charge on any atom is 0.230 e. The van der Waals surface area contributed by atoms with Crippen molar-refractivity contribution in [3.05, 3.63) is 15.8 Å². The Labute approximate surface area is 231 Å². The lowest BCUT2D eigenvalue weighted by Gasteiger charge is -2.43. The summed E-state index contributed by atoms with van der Waals surface area (Å²) in [5.74, 6) is 7.52. The van der Waals surface area contributed by atoms with E-state index in [2.05, 4.69) is 79.5 Å². The van der Waals surface area contributed by atoms with Gasteiger partial charge in [0.1, 0.15) is 10.9 Å². The summed E-state index contributed by atoms with van der Waals surface area (Å²) in [4.78, 5) is 17.6. The van der Waals surface area contributed by atoms with Gasteiger partial charge in [-0.3, -0.25) is 4.79 Å². The number of nitrogens with zero attached hydrogens (tertiary/aromatic N) is 2. The van der Waals surface area contributed by atoms with E-state index in [0.717, 1.165) is 61.9 Å². The SMILES string of the molecule is CC1CCC(C(=O)N(c2cc(C#CC(C)(C)C)sc2C#N)C2CCC(O[Si](C)(C)C(C)(C)C)CC2)CC1. The first-order valence-electron chi connectivity index (χ1n) is 14.2. The number of rotatable bonds is 5. The van der Waals surface area contributed by atoms with Gasteiger partial charge in [0.2, 0.25) is 5.91 Å². The van der Waals surface area contributed by atoms with E-state index >= 15 is 0 Å². The molecule has 1 aromatic heterocycles. The molecule has 0 radical (unpaired) electrons. The number of hydrogen-bond donors (Lipinski definition) is 0. The molecule has 204 valence electrons. The zero-order chi connectivity index (χ0) is 27.6. The molecule has 0 spiro atoms. The normalized spacial score (nSPS) is 25.1. The number of nitriles is 1. The van der Waals surface area contributed by atoms with Gasteiger partial charge in [0.25, 0.3) is 0 Å². The van der Waals surface area contributed by atoms with Crippen LogP contribution in [0.5, 0.6) is 0 Å². The van der Waals surface area contributed by atoms with Gasteiger partial charge < -0.3 is 9.33 Å². The molecular weight excluding hydrogens is 493 g/mol. The molecule has 1 heterocycles. The van der Waals surface area contributed by atoms with Gasteiger partial charge in [-0.15, -0.1) is 11.3 Å². The van der Waals surface area contributed by atoms with Crippen LogP contribution in [0.15, 0.2) is 6.07 Å². The fraction of sp³-hybridized carbons (Fsp3) is 0.742. The molecule has 37 heavy (non-hydrogen) atoms. The Morgan fingerprint density at radius 3 is 2.14 bits per heavy atom. The van der Waals surface area contributed by atoms with Gasteiger partial charge in [-0.25, -0.2) is 0 Å². The van der Waals surface area contributed by atoms with Crippen molar-refractivity contribution in [1.82, 2.24) is 0 Å². The van der Waals surface area contributed by atoms with Crippen LogP contribution in [0.2, 0.25) is 18.1 Å². The molecule has 2 aliphatic rings. The molecule has 0 saturated heterocycles. The maximum atomic E-state index is 14.1. The molecule has 4 nitrogen and oxygen atoms in total. The van der Waals surface area contributed by atoms with Crippen LogP contribution in [0, 0.1) is 40.4 Å². The zero-order valence-corrected chi connectivity index (χ0v) is 26.5. The summed E-state index contributed by atoms with van der Waals surface area (Å²) in [5.41, 5.74) is 0.663. The molecule has 2 fully saturated rings. The largest absolute Gasteiger partial charge is 0.414 e. The molecule has 2 aliphatic carbocycles. The van der Waals surface area contributed by atoms with Crippen LogP contribution in [0.4, 0.5) is 5.69 Å². The van der Waals surface area contributed by atoms with Crippen LogP contribution >= 0.6 is 11.3 Å². The smallest absolute Gasteiger partial charge is 0.230 e. The van der Waals surface area contributed by atoms with Crippen LogP contribution in [0.25, 0.3) is 0 Å². The number of anilines is 1. The first-order valence-corrected chi connectivity index (χ1v) is 17.9. The molecular formula is C31H48N2O2SSi. The zero-order valence-electron chi connectivity index (χ0n) is 24.7. The van der Waals surface area contributed by atoms with E-state index in [1.807, 2.05) is 11.0 Å². The lowest BCUT2D eigenvalue weighted by Crippen LogP contribution is -2.49. The van der Waals surface area contributed by atoms with Crippen molar-refractivity contribution in [2.45, 2.75) is 130 Å². The highest BCUT2D eigenvalue weighted by Crippen LogP contribution is 2.42. The Morgan fingerprint density at radius 1 is 1.03 bits per heavy atom. The Kier molecular flexibility index (Phi) is 9.43. The average Bonchev–Trinajstić information content (AvgIpc) is 3.21. The molecule has 0 aromatic carbocycles. The number of amides is 1. The van der Waals surface area contributed by atoms with Gasteiger partial charge in [0, 0.05) is 23.5 Å². The van der Waals surface area contributed by atoms with E-state index in [4.69, 9.17) is 4.43 Å². The van der Waals surface area contributed by atoms with Crippen molar-refractivity contribution in [1.29, 1.82) is 5.26 Å². The molecule has 6 heteroatoms. The molecule has 0 aliphatic heterocycles. The Bertz CT molecular complexity index is 1040. The van der Waals surface area contributed by atoms with Crippen molar-refractivity contribution < 1.29 is 9.22 Å². The molecule has 0 unspecified atom stereocenters. The lowest BCUT2D eigenvalue weighted by atomic mass is 9.81. The van der Waals surface area contributed by atoms with Gasteiger partial charge in [0.05, 0.1) is 10.6 Å². The Balaban J connectivity index is 1.88. The third kappa shape index (κ3) is 7.72. The van der Waals surface area contributed by atoms with Crippen LogP contribution in [-0.2, 0) is 9.22 Å². The van der Waals surface area contributed by atoms with Gasteiger partial charge in [-0.2, -0.15) is 5.26 Å². The standard InChI is InChI=1S/C31H48N2O2SSi/c1-22-10-12-23(13-11-22)29(34)33(27-20-26(36-28(27)21-32)18-19-30(2,3)4)24-14-16-25(17-15-24)35-37(8,9)31(5,6)7/h20,22-25H,10-17H2,1-9H3. The Morgan fingerprint density at radius 2 is 1.62 bits per heavy atom. The molecule has 1 aromatic rings. The van der Waals surface area contributed by atoms with E-state index in [9.17, 15) is 10.1 Å². The number of carbonyl (C=O) groups is 1. The van der Waals surface area contributed by atoms with Crippen molar-refractivity contribution in [3.63, 3.8) is 0 Å². The average molecular weight is 541 g/mol. The predicted molar refractivity (Wildman–Crippen MR) is 158 cm³/mol. The number of hydrogen-bond acceptors (Lipinski definition) is 4. The second-order valence-corrected chi connectivity index (χ2v) is 19.7. The van der Waals surface area contributed by atoms with Crippen molar-refractivity contribution in [2.24, 2.45) is 17.3 Å². The summed E-state index contributed by atoms with van der Waals surface area (Å²) in [6.45, 7) is 20.1. The minimum absolute atomic E-state index is 0.0490. The molecule has 2 saturated carbocycles. The first-order chi connectivity index (χ1) is 17.1. The third-order valence-corrected chi connectivity index (χ3v) is 14.0. The highest BCUT2D eigenvalue weighted by molar-refractivity contribution is 7.13. The van der Waals surface area contributed by atoms with Crippen LogP contribution in [0.1, 0.15) is 110 Å². The third-order valence-electron chi connectivity index (χ3n) is 8.51. The molecule has 3 rings (SSSR count). The van der Waals surface area contributed by atoms with Crippen molar-refractivity contribution in [2.75, 3.05) is 4.90 Å². The van der Waals surface area contributed by atoms with Crippen LogP contribution in [0.3, 0.4) is 0 Å². The predicted octanol–water partition coefficient (Wildman–Crippen LogP) is 8.51. The van der Waals surface area contributed by atoms with E-state index < -0.39 is 8.32 Å². The van der Waals surface area contributed by atoms with Crippen molar-refractivity contribution in [3.8, 4) is 17.9 Å². The molecule has 0 N–H and O–H groups in total. The lowest BCUT2D eigenvalue weighted by molar-refractivity contribution is -0.124. The summed E-state index contributed by atoms with van der Waals surface area (Å²) in [6, 6.07) is 4.50. The van der Waals surface area contributed by atoms with Crippen LogP contribution in [-0.4, -0.2) is 26.4 Å². The molecule has 0 bridgehead atoms. The van der Waals surface area contributed by atoms with E-state index in [1.54, 1.807) is 0 Å². The van der Waals surface area contributed by atoms with E-state index in [-0.39, 0.29) is 34.4 Å². The second kappa shape index (κ2) is 11.6. The Hall–Kier alpha value is -1.60. The minimum Gasteiger partial charge on any atom is -0.414 e. The summed E-state index contributed by atoms with van der Waals surface area (Å²) in [7, 11) is -1.83. The number of carbonyl (C=O) groups excluding carboxylic acids is 1. The van der Waals surface area contributed by atoms with Gasteiger partial charge in [-0.05, 0) is 102 Å². The summed E-state index contributed by atoms with van der Waals surface area (Å²) in [5, 5.41) is 10.2. The maximum absolute atomic E-state index is 14.1. The fourth-order valence-electron chi connectivity index (χ4n) is 5.16.